The summed E-state index contributed by atoms with van der Waals surface area (Å²) in [7, 11) is 3.25. The number of ether oxygens (including phenoxy) is 2. The maximum absolute atomic E-state index is 14.6. The van der Waals surface area contributed by atoms with Crippen LogP contribution in [0.5, 0.6) is 5.75 Å². The molecule has 2 aromatic carbocycles. The van der Waals surface area contributed by atoms with Crippen LogP contribution in [0.25, 0.3) is 33.3 Å². The molecule has 2 aromatic heterocycles. The molecule has 2 fully saturated rings. The van der Waals surface area contributed by atoms with Crippen molar-refractivity contribution < 1.29 is 33.8 Å². The van der Waals surface area contributed by atoms with E-state index in [9.17, 15) is 24.3 Å². The zero-order chi connectivity index (χ0) is 44.0. The van der Waals surface area contributed by atoms with E-state index in [1.165, 1.54) is 9.91 Å². The normalized spacial score (nSPS) is 21.0. The van der Waals surface area contributed by atoms with Gasteiger partial charge in [0.25, 0.3) is 5.91 Å². The van der Waals surface area contributed by atoms with E-state index in [4.69, 9.17) is 20.2 Å². The summed E-state index contributed by atoms with van der Waals surface area (Å²) in [5, 5.41) is 16.6. The maximum atomic E-state index is 14.6. The van der Waals surface area contributed by atoms with Crippen LogP contribution in [0, 0.1) is 11.3 Å². The van der Waals surface area contributed by atoms with Gasteiger partial charge in [-0.1, -0.05) is 39.8 Å². The molecule has 4 aromatic rings. The summed E-state index contributed by atoms with van der Waals surface area (Å²) in [6, 6.07) is 12.7. The summed E-state index contributed by atoms with van der Waals surface area (Å²) in [4.78, 5) is 62.2. The van der Waals surface area contributed by atoms with Crippen molar-refractivity contribution >= 4 is 34.6 Å². The zero-order valence-electron chi connectivity index (χ0n) is 36.7. The molecule has 3 aliphatic rings. The van der Waals surface area contributed by atoms with Crippen LogP contribution in [0.1, 0.15) is 90.2 Å². The fourth-order valence-electron chi connectivity index (χ4n) is 9.08. The third-order valence-corrected chi connectivity index (χ3v) is 12.5. The molecule has 5 N–H and O–H groups in total. The van der Waals surface area contributed by atoms with E-state index in [2.05, 4.69) is 54.3 Å². The van der Waals surface area contributed by atoms with Gasteiger partial charge in [0.1, 0.15) is 23.9 Å². The number of carbonyl (C=O) groups is 4. The smallest absolute Gasteiger partial charge is 0.324 e. The van der Waals surface area contributed by atoms with Crippen molar-refractivity contribution in [2.45, 2.75) is 116 Å². The predicted octanol–water partition coefficient (Wildman–Crippen LogP) is 5.43. The first-order chi connectivity index (χ1) is 28.9. The van der Waals surface area contributed by atoms with Crippen molar-refractivity contribution in [2.24, 2.45) is 17.1 Å². The van der Waals surface area contributed by atoms with Gasteiger partial charge in [-0.05, 0) is 111 Å². The van der Waals surface area contributed by atoms with Gasteiger partial charge in [-0.3, -0.25) is 29.2 Å². The van der Waals surface area contributed by atoms with E-state index < -0.39 is 46.9 Å². The number of aromatic nitrogens is 2. The van der Waals surface area contributed by atoms with Gasteiger partial charge in [-0.15, -0.1) is 0 Å². The number of cyclic esters (lactones) is 1. The molecule has 1 saturated heterocycles. The zero-order valence-corrected chi connectivity index (χ0v) is 36.7. The number of esters is 1. The first-order valence-electron chi connectivity index (χ1n) is 21.5. The van der Waals surface area contributed by atoms with Gasteiger partial charge in [-0.2, -0.15) is 0 Å². The van der Waals surface area contributed by atoms with Crippen molar-refractivity contribution in [3.63, 3.8) is 0 Å². The number of benzene rings is 2. The highest BCUT2D eigenvalue weighted by atomic mass is 16.5. The SMILES string of the molecule is CCn1c(-c2cccnc2[C@H](C)OC)c2c3cc(ccc31)-c1cc(O)cc(c1)C[C@H](NC(=O)[C@H](C(C)C)N(C)C(=O)C1(N)CC1)C(=O)N1CCC[C@H](N1)C(=O)OCC(C)(C)C2. The lowest BCUT2D eigenvalue weighted by molar-refractivity contribution is -0.155. The Morgan fingerprint density at radius 3 is 2.56 bits per heavy atom. The lowest BCUT2D eigenvalue weighted by atomic mass is 9.84. The molecule has 4 atom stereocenters. The van der Waals surface area contributed by atoms with E-state index in [0.717, 1.165) is 44.5 Å². The molecular formula is C47H61N7O7. The number of aromatic hydroxyl groups is 1. The second-order valence-electron chi connectivity index (χ2n) is 18.3. The quantitative estimate of drug-likeness (QED) is 0.159. The van der Waals surface area contributed by atoms with Gasteiger partial charge in [-0.25, -0.2) is 5.43 Å². The lowest BCUT2D eigenvalue weighted by Gasteiger charge is -2.37. The highest BCUT2D eigenvalue weighted by Gasteiger charge is 2.50. The molecule has 0 unspecified atom stereocenters. The van der Waals surface area contributed by atoms with Gasteiger partial charge >= 0.3 is 5.97 Å². The third kappa shape index (κ3) is 8.89. The van der Waals surface area contributed by atoms with Crippen LogP contribution in [-0.2, 0) is 48.0 Å². The Kier molecular flexibility index (Phi) is 12.4. The Morgan fingerprint density at radius 2 is 1.87 bits per heavy atom. The summed E-state index contributed by atoms with van der Waals surface area (Å²) in [5.74, 6) is -2.04. The number of hydrazine groups is 1. The summed E-state index contributed by atoms with van der Waals surface area (Å²) in [5.41, 5.74) is 14.9. The molecule has 7 rings (SSSR count). The Morgan fingerprint density at radius 1 is 1.11 bits per heavy atom. The fraction of sp³-hybridized carbons (Fsp3) is 0.511. The van der Waals surface area contributed by atoms with Crippen LogP contribution in [0.4, 0.5) is 0 Å². The number of nitrogens with two attached hydrogens (primary N) is 1. The molecule has 4 heterocycles. The first kappa shape index (κ1) is 43.8. The van der Waals surface area contributed by atoms with Gasteiger partial charge in [0.15, 0.2) is 0 Å². The molecule has 1 saturated carbocycles. The van der Waals surface area contributed by atoms with Crippen LogP contribution in [0.3, 0.4) is 0 Å². The van der Waals surface area contributed by atoms with E-state index in [1.54, 1.807) is 32.5 Å². The number of nitrogens with one attached hydrogen (secondary N) is 2. The average Bonchev–Trinajstić information content (AvgIpc) is 3.92. The van der Waals surface area contributed by atoms with Gasteiger partial charge in [0.05, 0.1) is 29.6 Å². The number of hydrogen-bond donors (Lipinski definition) is 4. The molecule has 0 spiro atoms. The number of carbonyl (C=O) groups excluding carboxylic acids is 4. The van der Waals surface area contributed by atoms with E-state index >= 15 is 0 Å². The highest BCUT2D eigenvalue weighted by molar-refractivity contribution is 5.97. The largest absolute Gasteiger partial charge is 0.508 e. The monoisotopic (exact) mass is 835 g/mol. The first-order valence-corrected chi connectivity index (χ1v) is 21.5. The van der Waals surface area contributed by atoms with Crippen molar-refractivity contribution in [1.82, 2.24) is 30.2 Å². The summed E-state index contributed by atoms with van der Waals surface area (Å²) >= 11 is 0. The molecule has 2 aliphatic heterocycles. The second kappa shape index (κ2) is 17.2. The number of fused-ring (bicyclic) bond motifs is 6. The van der Waals surface area contributed by atoms with Crippen LogP contribution < -0.4 is 16.5 Å². The predicted molar refractivity (Wildman–Crippen MR) is 233 cm³/mol. The maximum Gasteiger partial charge on any atom is 0.324 e. The van der Waals surface area contributed by atoms with E-state index in [0.29, 0.717) is 50.8 Å². The molecule has 0 radical (unpaired) electrons. The minimum atomic E-state index is -1.13. The van der Waals surface area contributed by atoms with Gasteiger partial charge < -0.3 is 35.1 Å². The number of hydrogen-bond acceptors (Lipinski definition) is 10. The lowest BCUT2D eigenvalue weighted by Crippen LogP contribution is -2.62. The Bertz CT molecular complexity index is 2330. The van der Waals surface area contributed by atoms with Crippen molar-refractivity contribution in [3.05, 3.63) is 71.5 Å². The summed E-state index contributed by atoms with van der Waals surface area (Å²) in [6.07, 6.45) is 4.15. The van der Waals surface area contributed by atoms with E-state index in [-0.39, 0.29) is 36.7 Å². The molecular weight excluding hydrogens is 775 g/mol. The number of nitrogens with zero attached hydrogens (tertiary/aromatic N) is 4. The van der Waals surface area contributed by atoms with Crippen molar-refractivity contribution in [3.8, 4) is 28.1 Å². The Labute approximate surface area is 358 Å². The average molecular weight is 836 g/mol. The summed E-state index contributed by atoms with van der Waals surface area (Å²) in [6.45, 7) is 13.0. The number of phenols is 1. The van der Waals surface area contributed by atoms with Crippen molar-refractivity contribution in [2.75, 3.05) is 27.3 Å². The third-order valence-electron chi connectivity index (χ3n) is 12.5. The number of pyridine rings is 1. The highest BCUT2D eigenvalue weighted by Crippen LogP contribution is 2.42. The number of amides is 3. The molecule has 6 bridgehead atoms. The topological polar surface area (TPSA) is 181 Å². The van der Waals surface area contributed by atoms with Crippen LogP contribution in [-0.4, -0.2) is 99.2 Å². The number of phenolic OH excluding ortho intramolecular Hbond substituents is 1. The second-order valence-corrected chi connectivity index (χ2v) is 18.3. The number of methoxy groups -OCH3 is 1. The number of likely N-dealkylation sites (N-methyl/N-ethyl adjacent to an activating group) is 1. The number of aryl methyl sites for hydroxylation is 1. The van der Waals surface area contributed by atoms with Crippen molar-refractivity contribution in [1.29, 1.82) is 0 Å². The molecule has 61 heavy (non-hydrogen) atoms. The van der Waals surface area contributed by atoms with Crippen LogP contribution in [0.15, 0.2) is 54.7 Å². The van der Waals surface area contributed by atoms with E-state index in [1.807, 2.05) is 39.0 Å². The Balaban J connectivity index is 1.36. The molecule has 14 heteroatoms. The minimum Gasteiger partial charge on any atom is -0.508 e. The molecule has 3 amide bonds. The van der Waals surface area contributed by atoms with Crippen LogP contribution >= 0.6 is 0 Å². The molecule has 326 valence electrons. The van der Waals surface area contributed by atoms with Gasteiger partial charge in [0, 0.05) is 61.7 Å². The Hall–Kier alpha value is -5.31. The standard InChI is InChI=1S/C47H61N7O7/c1-9-53-38-15-14-30-24-34(38)35(41(53)33-12-10-18-49-39(33)28(4)60-8)25-46(5,6)26-61-44(58)36-13-11-19-54(51-36)43(57)37(22-29-20-31(30)23-32(55)21-29)50-42(56)40(27(2)3)52(7)45(59)47(48)16-17-47/h10,12,14-15,18,20-21,23-24,27-28,36-37,40,51,55H,9,11,13,16-17,19,22,25-26,48H2,1-8H3,(H,50,56)/t28-,36-,37-,40-/m0/s1. The minimum absolute atomic E-state index is 0.00299. The number of rotatable bonds is 9. The van der Waals surface area contributed by atoms with Gasteiger partial charge in [0.2, 0.25) is 11.8 Å². The fourth-order valence-corrected chi connectivity index (χ4v) is 9.08. The molecule has 1 aliphatic carbocycles. The van der Waals surface area contributed by atoms with Crippen LogP contribution in [0.2, 0.25) is 0 Å². The summed E-state index contributed by atoms with van der Waals surface area (Å²) < 4.78 is 14.2. The molecule has 14 nitrogen and oxygen atoms in total.